The lowest BCUT2D eigenvalue weighted by Gasteiger charge is -2.24. The first kappa shape index (κ1) is 12.4. The lowest BCUT2D eigenvalue weighted by molar-refractivity contribution is -0.134. The van der Waals surface area contributed by atoms with Gasteiger partial charge in [-0.2, -0.15) is 13.2 Å². The van der Waals surface area contributed by atoms with Crippen LogP contribution in [0.15, 0.2) is 11.6 Å². The van der Waals surface area contributed by atoms with Crippen molar-refractivity contribution < 1.29 is 13.2 Å². The summed E-state index contributed by atoms with van der Waals surface area (Å²) in [6.45, 7) is 3.56. The van der Waals surface area contributed by atoms with E-state index >= 15 is 0 Å². The Kier molecular flexibility index (Phi) is 3.72. The van der Waals surface area contributed by atoms with Crippen LogP contribution in [0.25, 0.3) is 0 Å². The fourth-order valence-corrected chi connectivity index (χ4v) is 1.86. The second-order valence-corrected chi connectivity index (χ2v) is 4.65. The van der Waals surface area contributed by atoms with E-state index in [0.29, 0.717) is 0 Å². The van der Waals surface area contributed by atoms with E-state index in [4.69, 9.17) is 0 Å². The van der Waals surface area contributed by atoms with Crippen molar-refractivity contribution in [2.24, 2.45) is 0 Å². The smallest absolute Gasteiger partial charge is 0.306 e. The van der Waals surface area contributed by atoms with Crippen molar-refractivity contribution in [1.29, 1.82) is 0 Å². The Morgan fingerprint density at radius 1 is 1.40 bits per heavy atom. The number of alkyl halides is 3. The number of halogens is 3. The zero-order valence-corrected chi connectivity index (χ0v) is 9.37. The predicted octanol–water partition coefficient (Wildman–Crippen LogP) is 2.92. The maximum atomic E-state index is 11.9. The number of aromatic nitrogens is 1. The van der Waals surface area contributed by atoms with Gasteiger partial charge in [0.1, 0.15) is 5.01 Å². The Morgan fingerprint density at radius 3 is 2.53 bits per heavy atom. The molecule has 0 spiro atoms. The highest BCUT2D eigenvalue weighted by molar-refractivity contribution is 7.09. The molecule has 0 atom stereocenters. The highest BCUT2D eigenvalue weighted by Gasteiger charge is 2.29. The number of nitrogens with zero attached hydrogens (tertiary/aromatic N) is 1. The molecule has 1 N–H and O–H groups in total. The van der Waals surface area contributed by atoms with Gasteiger partial charge in [-0.25, -0.2) is 4.98 Å². The van der Waals surface area contributed by atoms with Crippen LogP contribution >= 0.6 is 11.3 Å². The maximum absolute atomic E-state index is 11.9. The first-order valence-electron chi connectivity index (χ1n) is 4.53. The zero-order valence-electron chi connectivity index (χ0n) is 8.56. The molecule has 1 aromatic heterocycles. The molecule has 0 aromatic carbocycles. The SMILES string of the molecule is CC(C)(NCCC(F)(F)F)c1nccs1. The van der Waals surface area contributed by atoms with E-state index in [1.54, 1.807) is 6.20 Å². The summed E-state index contributed by atoms with van der Waals surface area (Å²) >= 11 is 1.43. The average Bonchev–Trinajstić information content (AvgIpc) is 2.52. The van der Waals surface area contributed by atoms with Crippen molar-refractivity contribution in [2.75, 3.05) is 6.54 Å². The van der Waals surface area contributed by atoms with Crippen LogP contribution in [0.3, 0.4) is 0 Å². The Bertz CT molecular complexity index is 293. The van der Waals surface area contributed by atoms with Gasteiger partial charge in [0.15, 0.2) is 0 Å². The van der Waals surface area contributed by atoms with Crippen molar-refractivity contribution in [1.82, 2.24) is 10.3 Å². The molecule has 1 heterocycles. The summed E-state index contributed by atoms with van der Waals surface area (Å²) in [6.07, 6.45) is -3.28. The van der Waals surface area contributed by atoms with Crippen molar-refractivity contribution in [3.63, 3.8) is 0 Å². The molecule has 1 aromatic rings. The molecule has 0 aliphatic rings. The number of thiazole rings is 1. The fourth-order valence-electron chi connectivity index (χ4n) is 1.12. The molecule has 1 rings (SSSR count). The van der Waals surface area contributed by atoms with Gasteiger partial charge < -0.3 is 5.32 Å². The van der Waals surface area contributed by atoms with Crippen molar-refractivity contribution >= 4 is 11.3 Å². The highest BCUT2D eigenvalue weighted by Crippen LogP contribution is 2.23. The van der Waals surface area contributed by atoms with E-state index in [-0.39, 0.29) is 6.54 Å². The van der Waals surface area contributed by atoms with Crippen LogP contribution in [-0.2, 0) is 5.54 Å². The molecule has 0 unspecified atom stereocenters. The van der Waals surface area contributed by atoms with E-state index in [1.165, 1.54) is 11.3 Å². The van der Waals surface area contributed by atoms with Crippen LogP contribution in [0.1, 0.15) is 25.3 Å². The molecule has 0 bridgehead atoms. The largest absolute Gasteiger partial charge is 0.390 e. The van der Waals surface area contributed by atoms with E-state index in [2.05, 4.69) is 10.3 Å². The minimum atomic E-state index is -4.11. The van der Waals surface area contributed by atoms with Crippen LogP contribution in [0.5, 0.6) is 0 Å². The van der Waals surface area contributed by atoms with Crippen LogP contribution in [0.4, 0.5) is 13.2 Å². The minimum absolute atomic E-state index is 0.0872. The van der Waals surface area contributed by atoms with Crippen molar-refractivity contribution in [3.8, 4) is 0 Å². The lowest BCUT2D eigenvalue weighted by atomic mass is 10.1. The summed E-state index contributed by atoms with van der Waals surface area (Å²) in [7, 11) is 0. The molecule has 86 valence electrons. The second-order valence-electron chi connectivity index (χ2n) is 3.75. The Morgan fingerprint density at radius 2 is 2.07 bits per heavy atom. The van der Waals surface area contributed by atoms with E-state index in [0.717, 1.165) is 5.01 Å². The quantitative estimate of drug-likeness (QED) is 0.872. The van der Waals surface area contributed by atoms with Crippen LogP contribution in [0, 0.1) is 0 Å². The molecule has 0 amide bonds. The van der Waals surface area contributed by atoms with Gasteiger partial charge in [0.2, 0.25) is 0 Å². The molecule has 6 heteroatoms. The molecule has 0 aliphatic heterocycles. The zero-order chi connectivity index (χ0) is 11.5. The average molecular weight is 238 g/mol. The summed E-state index contributed by atoms with van der Waals surface area (Å²) in [6, 6.07) is 0. The molecular formula is C9H13F3N2S. The van der Waals surface area contributed by atoms with Crippen molar-refractivity contribution in [2.45, 2.75) is 32.0 Å². The molecule has 0 saturated carbocycles. The molecular weight excluding hydrogens is 225 g/mol. The Labute approximate surface area is 90.5 Å². The summed E-state index contributed by atoms with van der Waals surface area (Å²) in [5.41, 5.74) is -0.501. The minimum Gasteiger partial charge on any atom is -0.306 e. The molecule has 0 saturated heterocycles. The van der Waals surface area contributed by atoms with Crippen LogP contribution in [0.2, 0.25) is 0 Å². The molecule has 15 heavy (non-hydrogen) atoms. The highest BCUT2D eigenvalue weighted by atomic mass is 32.1. The third-order valence-corrected chi connectivity index (χ3v) is 3.04. The lowest BCUT2D eigenvalue weighted by Crippen LogP contribution is -2.38. The summed E-state index contributed by atoms with van der Waals surface area (Å²) in [4.78, 5) is 4.08. The van der Waals surface area contributed by atoms with Gasteiger partial charge >= 0.3 is 6.18 Å². The number of hydrogen-bond donors (Lipinski definition) is 1. The van der Waals surface area contributed by atoms with Gasteiger partial charge in [-0.15, -0.1) is 11.3 Å². The third kappa shape index (κ3) is 4.17. The summed E-state index contributed by atoms with van der Waals surface area (Å²) in [5.74, 6) is 0. The summed E-state index contributed by atoms with van der Waals surface area (Å²) in [5, 5.41) is 5.45. The fraction of sp³-hybridized carbons (Fsp3) is 0.667. The van der Waals surface area contributed by atoms with Gasteiger partial charge in [-0.05, 0) is 13.8 Å². The van der Waals surface area contributed by atoms with Gasteiger partial charge in [-0.1, -0.05) is 0 Å². The van der Waals surface area contributed by atoms with Crippen molar-refractivity contribution in [3.05, 3.63) is 16.6 Å². The normalized spacial score (nSPS) is 13.1. The standard InChI is InChI=1S/C9H13F3N2S/c1-8(2,7-13-5-6-15-7)14-4-3-9(10,11)12/h5-6,14H,3-4H2,1-2H3. The van der Waals surface area contributed by atoms with Gasteiger partial charge in [0.05, 0.1) is 12.0 Å². The van der Waals surface area contributed by atoms with Crippen LogP contribution < -0.4 is 5.32 Å². The maximum Gasteiger partial charge on any atom is 0.390 e. The first-order valence-corrected chi connectivity index (χ1v) is 5.41. The molecule has 0 aliphatic carbocycles. The third-order valence-electron chi connectivity index (χ3n) is 1.94. The van der Waals surface area contributed by atoms with E-state index < -0.39 is 18.1 Å². The van der Waals surface area contributed by atoms with E-state index in [9.17, 15) is 13.2 Å². The number of hydrogen-bond acceptors (Lipinski definition) is 3. The topological polar surface area (TPSA) is 24.9 Å². The van der Waals surface area contributed by atoms with E-state index in [1.807, 2.05) is 19.2 Å². The second kappa shape index (κ2) is 4.49. The van der Waals surface area contributed by atoms with Gasteiger partial charge in [0.25, 0.3) is 0 Å². The van der Waals surface area contributed by atoms with Gasteiger partial charge in [0, 0.05) is 18.1 Å². The predicted molar refractivity (Wildman–Crippen MR) is 53.8 cm³/mol. The van der Waals surface area contributed by atoms with Gasteiger partial charge in [-0.3, -0.25) is 0 Å². The number of nitrogens with one attached hydrogen (secondary N) is 1. The molecule has 0 radical (unpaired) electrons. The summed E-state index contributed by atoms with van der Waals surface area (Å²) < 4.78 is 35.8. The monoisotopic (exact) mass is 238 g/mol. The Balaban J connectivity index is 2.44. The van der Waals surface area contributed by atoms with Crippen LogP contribution in [-0.4, -0.2) is 17.7 Å². The molecule has 0 fully saturated rings. The molecule has 2 nitrogen and oxygen atoms in total. The number of rotatable bonds is 4. The Hall–Kier alpha value is -0.620. The first-order chi connectivity index (χ1) is 6.81.